The molecule has 2 amide bonds. The van der Waals surface area contributed by atoms with E-state index in [4.69, 9.17) is 43.1 Å². The molecule has 2 aromatic rings. The highest BCUT2D eigenvalue weighted by molar-refractivity contribution is 6.35. The van der Waals surface area contributed by atoms with E-state index in [9.17, 15) is 9.59 Å². The minimum atomic E-state index is -0.591. The van der Waals surface area contributed by atoms with Crippen molar-refractivity contribution in [3.8, 4) is 17.2 Å². The van der Waals surface area contributed by atoms with Crippen molar-refractivity contribution in [2.45, 2.75) is 12.8 Å². The van der Waals surface area contributed by atoms with Gasteiger partial charge in [-0.1, -0.05) is 23.2 Å². The Morgan fingerprint density at radius 3 is 2.57 bits per heavy atom. The quantitative estimate of drug-likeness (QED) is 0.308. The molecule has 3 N–H and O–H groups in total. The maximum absolute atomic E-state index is 11.9. The first-order chi connectivity index (χ1) is 14.4. The fourth-order valence-electron chi connectivity index (χ4n) is 2.27. The third-order valence-electron chi connectivity index (χ3n) is 3.66. The van der Waals surface area contributed by atoms with Crippen molar-refractivity contribution in [1.82, 2.24) is 5.43 Å². The summed E-state index contributed by atoms with van der Waals surface area (Å²) in [6.07, 6.45) is 2.17. The molecule has 0 saturated carbocycles. The van der Waals surface area contributed by atoms with Crippen LogP contribution in [0.2, 0.25) is 10.0 Å². The van der Waals surface area contributed by atoms with E-state index in [1.807, 2.05) is 0 Å². The molecule has 0 aromatic heterocycles. The van der Waals surface area contributed by atoms with Crippen LogP contribution in [0.1, 0.15) is 18.4 Å². The largest absolute Gasteiger partial charge is 0.493 e. The number of hydrazone groups is 1. The number of hydrogen-bond acceptors (Lipinski definition) is 6. The van der Waals surface area contributed by atoms with Gasteiger partial charge in [0.05, 0.1) is 25.0 Å². The fourth-order valence-corrected chi connectivity index (χ4v) is 2.74. The number of benzene rings is 2. The maximum atomic E-state index is 11.9. The van der Waals surface area contributed by atoms with Gasteiger partial charge in [-0.2, -0.15) is 5.10 Å². The van der Waals surface area contributed by atoms with Gasteiger partial charge < -0.3 is 19.9 Å². The third kappa shape index (κ3) is 7.81. The van der Waals surface area contributed by atoms with E-state index in [0.717, 1.165) is 0 Å². The van der Waals surface area contributed by atoms with Crippen LogP contribution in [0, 0.1) is 0 Å². The minimum absolute atomic E-state index is 0.228. The summed E-state index contributed by atoms with van der Waals surface area (Å²) in [7, 11) is 1.47. The van der Waals surface area contributed by atoms with Gasteiger partial charge in [0.15, 0.2) is 18.1 Å². The number of halogens is 2. The summed E-state index contributed by atoms with van der Waals surface area (Å²) in [6.45, 7) is 0.0657. The standard InChI is InChI=1S/C20H21Cl2N3O5/c1-28-18-9-13(4-6-17(18)30-12-19(23)26)11-24-25-20(27)3-2-8-29-16-7-5-14(21)10-15(16)22/h4-7,9-11H,2-3,8,12H2,1H3,(H2,23,26)(H,25,27). The molecule has 10 heteroatoms. The molecule has 0 atom stereocenters. The van der Waals surface area contributed by atoms with Crippen LogP contribution in [0.4, 0.5) is 0 Å². The highest BCUT2D eigenvalue weighted by Crippen LogP contribution is 2.28. The number of nitrogens with two attached hydrogens (primary N) is 1. The first kappa shape index (κ1) is 23.3. The predicted octanol–water partition coefficient (Wildman–Crippen LogP) is 3.18. The Hall–Kier alpha value is -2.97. The van der Waals surface area contributed by atoms with Gasteiger partial charge in [0, 0.05) is 11.4 Å². The lowest BCUT2D eigenvalue weighted by molar-refractivity contribution is -0.121. The number of rotatable bonds is 11. The smallest absolute Gasteiger partial charge is 0.255 e. The second kappa shape index (κ2) is 11.9. The molecule has 0 bridgehead atoms. The topological polar surface area (TPSA) is 112 Å². The second-order valence-corrected chi connectivity index (χ2v) is 6.83. The number of hydrogen-bond donors (Lipinski definition) is 2. The summed E-state index contributed by atoms with van der Waals surface area (Å²) in [5.41, 5.74) is 8.16. The molecule has 0 unspecified atom stereocenters. The van der Waals surface area contributed by atoms with E-state index in [0.29, 0.717) is 45.9 Å². The van der Waals surface area contributed by atoms with E-state index in [2.05, 4.69) is 10.5 Å². The molecular formula is C20H21Cl2N3O5. The van der Waals surface area contributed by atoms with Gasteiger partial charge in [-0.3, -0.25) is 9.59 Å². The Balaban J connectivity index is 1.76. The van der Waals surface area contributed by atoms with Gasteiger partial charge >= 0.3 is 0 Å². The first-order valence-corrected chi connectivity index (χ1v) is 9.63. The molecule has 0 spiro atoms. The monoisotopic (exact) mass is 453 g/mol. The molecule has 0 aliphatic heterocycles. The van der Waals surface area contributed by atoms with Crippen LogP contribution < -0.4 is 25.4 Å². The highest BCUT2D eigenvalue weighted by Gasteiger charge is 2.07. The normalized spacial score (nSPS) is 10.6. The molecule has 0 aliphatic carbocycles. The van der Waals surface area contributed by atoms with Crippen LogP contribution in [-0.2, 0) is 9.59 Å². The van der Waals surface area contributed by atoms with E-state index in [1.54, 1.807) is 36.4 Å². The lowest BCUT2D eigenvalue weighted by Gasteiger charge is -2.09. The average Bonchev–Trinajstić information content (AvgIpc) is 2.71. The van der Waals surface area contributed by atoms with Crippen LogP contribution in [0.3, 0.4) is 0 Å². The van der Waals surface area contributed by atoms with Crippen LogP contribution >= 0.6 is 23.2 Å². The Kier molecular flexibility index (Phi) is 9.24. The van der Waals surface area contributed by atoms with Crippen molar-refractivity contribution >= 4 is 41.2 Å². The summed E-state index contributed by atoms with van der Waals surface area (Å²) in [5.74, 6) is 0.442. The van der Waals surface area contributed by atoms with Crippen LogP contribution in [0.5, 0.6) is 17.2 Å². The Bertz CT molecular complexity index is 921. The number of nitrogens with one attached hydrogen (secondary N) is 1. The van der Waals surface area contributed by atoms with E-state index < -0.39 is 5.91 Å². The SMILES string of the molecule is COc1cc(C=NNC(=O)CCCOc2ccc(Cl)cc2Cl)ccc1OCC(N)=O. The predicted molar refractivity (Wildman–Crippen MR) is 115 cm³/mol. The second-order valence-electron chi connectivity index (χ2n) is 5.99. The number of primary amides is 1. The summed E-state index contributed by atoms with van der Waals surface area (Å²) in [6, 6.07) is 9.90. The number of methoxy groups -OCH3 is 1. The van der Waals surface area contributed by atoms with Gasteiger partial charge in [-0.25, -0.2) is 5.43 Å². The lowest BCUT2D eigenvalue weighted by atomic mass is 10.2. The first-order valence-electron chi connectivity index (χ1n) is 8.88. The summed E-state index contributed by atoms with van der Waals surface area (Å²) in [5, 5.41) is 4.85. The highest BCUT2D eigenvalue weighted by atomic mass is 35.5. The summed E-state index contributed by atoms with van der Waals surface area (Å²) >= 11 is 11.8. The van der Waals surface area contributed by atoms with E-state index >= 15 is 0 Å². The summed E-state index contributed by atoms with van der Waals surface area (Å²) < 4.78 is 16.0. The molecule has 2 aromatic carbocycles. The van der Waals surface area contributed by atoms with Gasteiger partial charge in [-0.05, 0) is 48.4 Å². The van der Waals surface area contributed by atoms with Crippen molar-refractivity contribution in [3.05, 3.63) is 52.0 Å². The lowest BCUT2D eigenvalue weighted by Crippen LogP contribution is -2.20. The van der Waals surface area contributed by atoms with Crippen LogP contribution in [-0.4, -0.2) is 38.4 Å². The number of amides is 2. The zero-order valence-corrected chi connectivity index (χ0v) is 17.7. The van der Waals surface area contributed by atoms with Gasteiger partial charge in [0.25, 0.3) is 5.91 Å². The number of nitrogens with zero attached hydrogens (tertiary/aromatic N) is 1. The molecular weight excluding hydrogens is 433 g/mol. The number of carbonyl (C=O) groups excluding carboxylic acids is 2. The molecule has 0 heterocycles. The van der Waals surface area contributed by atoms with E-state index in [1.165, 1.54) is 13.3 Å². The van der Waals surface area contributed by atoms with E-state index in [-0.39, 0.29) is 18.9 Å². The fraction of sp³-hybridized carbons (Fsp3) is 0.250. The Morgan fingerprint density at radius 1 is 1.10 bits per heavy atom. The van der Waals surface area contributed by atoms with Crippen molar-refractivity contribution in [3.63, 3.8) is 0 Å². The van der Waals surface area contributed by atoms with Crippen molar-refractivity contribution in [2.75, 3.05) is 20.3 Å². The van der Waals surface area contributed by atoms with Gasteiger partial charge in [0.1, 0.15) is 5.75 Å². The molecule has 0 saturated heterocycles. The number of carbonyl (C=O) groups is 2. The average molecular weight is 454 g/mol. The van der Waals surface area contributed by atoms with Crippen molar-refractivity contribution < 1.29 is 23.8 Å². The van der Waals surface area contributed by atoms with Gasteiger partial charge in [0.2, 0.25) is 5.91 Å². The van der Waals surface area contributed by atoms with Crippen molar-refractivity contribution in [2.24, 2.45) is 10.8 Å². The minimum Gasteiger partial charge on any atom is -0.493 e. The zero-order valence-electron chi connectivity index (χ0n) is 16.2. The number of ether oxygens (including phenoxy) is 3. The molecule has 0 aliphatic rings. The Morgan fingerprint density at radius 2 is 1.87 bits per heavy atom. The molecule has 8 nitrogen and oxygen atoms in total. The molecule has 160 valence electrons. The molecule has 2 rings (SSSR count). The van der Waals surface area contributed by atoms with Crippen LogP contribution in [0.15, 0.2) is 41.5 Å². The molecule has 30 heavy (non-hydrogen) atoms. The maximum Gasteiger partial charge on any atom is 0.255 e. The van der Waals surface area contributed by atoms with Crippen LogP contribution in [0.25, 0.3) is 0 Å². The van der Waals surface area contributed by atoms with Crippen molar-refractivity contribution in [1.29, 1.82) is 0 Å². The molecule has 0 radical (unpaired) electrons. The third-order valence-corrected chi connectivity index (χ3v) is 4.19. The zero-order chi connectivity index (χ0) is 21.9. The summed E-state index contributed by atoms with van der Waals surface area (Å²) in [4.78, 5) is 22.7. The molecule has 0 fully saturated rings. The van der Waals surface area contributed by atoms with Gasteiger partial charge in [-0.15, -0.1) is 0 Å². The Labute approximate surface area is 183 Å².